The lowest BCUT2D eigenvalue weighted by Crippen LogP contribution is -2.11. The first-order chi connectivity index (χ1) is 9.64. The van der Waals surface area contributed by atoms with Crippen molar-refractivity contribution < 1.29 is 26.0 Å². The second-order valence-corrected chi connectivity index (χ2v) is 5.04. The van der Waals surface area contributed by atoms with E-state index in [4.69, 9.17) is 5.53 Å². The molecule has 0 atom stereocenters. The van der Waals surface area contributed by atoms with Crippen LogP contribution in [0, 0.1) is 20.8 Å². The van der Waals surface area contributed by atoms with Gasteiger partial charge < -0.3 is 8.92 Å². The average Bonchev–Trinajstić information content (AvgIpc) is 2.38. The SMILES string of the molecule is COC(=O)c1c(C)c(N=[N+]=[N-])c(C)c(OS(=O)(=O)F)c1C. The van der Waals surface area contributed by atoms with Gasteiger partial charge in [0.25, 0.3) is 0 Å². The molecule has 0 spiro atoms. The van der Waals surface area contributed by atoms with Crippen LogP contribution in [0.2, 0.25) is 0 Å². The first-order valence-corrected chi connectivity index (χ1v) is 6.86. The molecule has 0 aliphatic heterocycles. The van der Waals surface area contributed by atoms with Crippen LogP contribution in [0.25, 0.3) is 10.4 Å². The Labute approximate surface area is 120 Å². The van der Waals surface area contributed by atoms with Gasteiger partial charge >= 0.3 is 16.5 Å². The van der Waals surface area contributed by atoms with Gasteiger partial charge in [0.2, 0.25) is 0 Å². The van der Waals surface area contributed by atoms with Crippen molar-refractivity contribution in [2.24, 2.45) is 5.11 Å². The van der Waals surface area contributed by atoms with E-state index in [0.717, 1.165) is 7.11 Å². The molecule has 0 saturated heterocycles. The Morgan fingerprint density at radius 2 is 1.81 bits per heavy atom. The molecule has 21 heavy (non-hydrogen) atoms. The van der Waals surface area contributed by atoms with Crippen molar-refractivity contribution in [3.63, 3.8) is 0 Å². The molecule has 1 aromatic carbocycles. The Morgan fingerprint density at radius 3 is 2.24 bits per heavy atom. The Bertz CT molecular complexity index is 754. The van der Waals surface area contributed by atoms with E-state index in [0.29, 0.717) is 0 Å². The summed E-state index contributed by atoms with van der Waals surface area (Å²) in [6, 6.07) is 0. The van der Waals surface area contributed by atoms with E-state index in [1.165, 1.54) is 20.8 Å². The molecule has 0 unspecified atom stereocenters. The monoisotopic (exact) mass is 317 g/mol. The number of hydrogen-bond donors (Lipinski definition) is 0. The molecule has 0 aliphatic carbocycles. The summed E-state index contributed by atoms with van der Waals surface area (Å²) in [5, 5.41) is 3.39. The van der Waals surface area contributed by atoms with Crippen LogP contribution in [-0.4, -0.2) is 21.5 Å². The number of carbonyl (C=O) groups is 1. The van der Waals surface area contributed by atoms with Gasteiger partial charge in [0.05, 0.1) is 12.7 Å². The zero-order valence-electron chi connectivity index (χ0n) is 11.7. The van der Waals surface area contributed by atoms with Gasteiger partial charge in [-0.1, -0.05) is 9.00 Å². The first-order valence-electron chi connectivity index (χ1n) is 5.55. The quantitative estimate of drug-likeness (QED) is 0.278. The summed E-state index contributed by atoms with van der Waals surface area (Å²) in [4.78, 5) is 14.4. The van der Waals surface area contributed by atoms with Gasteiger partial charge in [-0.2, -0.15) is 8.42 Å². The van der Waals surface area contributed by atoms with Gasteiger partial charge in [-0.15, -0.1) is 0 Å². The third kappa shape index (κ3) is 3.41. The van der Waals surface area contributed by atoms with Crippen LogP contribution >= 0.6 is 0 Å². The predicted octanol–water partition coefficient (Wildman–Crippen LogP) is 2.93. The molecular formula is C11H12FN3O5S. The smallest absolute Gasteiger partial charge is 0.465 e. The maximum atomic E-state index is 12.8. The first kappa shape index (κ1) is 16.7. The van der Waals surface area contributed by atoms with Gasteiger partial charge in [-0.05, 0) is 31.9 Å². The molecule has 0 radical (unpaired) electrons. The summed E-state index contributed by atoms with van der Waals surface area (Å²) in [7, 11) is -4.18. The standard InChI is InChI=1S/C11H12FN3O5S/c1-5-8(11(16)19-4)6(2)10(20-21(12,17)18)7(3)9(5)14-15-13/h1-4H3. The molecule has 0 aliphatic rings. The molecule has 1 aromatic rings. The summed E-state index contributed by atoms with van der Waals surface area (Å²) in [5.41, 5.74) is 8.91. The van der Waals surface area contributed by atoms with Crippen molar-refractivity contribution >= 4 is 22.2 Å². The second-order valence-electron chi connectivity index (χ2n) is 4.09. The van der Waals surface area contributed by atoms with Gasteiger partial charge in [0.1, 0.15) is 0 Å². The summed E-state index contributed by atoms with van der Waals surface area (Å²) < 4.78 is 43.0. The van der Waals surface area contributed by atoms with Crippen molar-refractivity contribution in [1.29, 1.82) is 0 Å². The fourth-order valence-electron chi connectivity index (χ4n) is 2.01. The lowest BCUT2D eigenvalue weighted by molar-refractivity contribution is 0.0598. The minimum Gasteiger partial charge on any atom is -0.465 e. The van der Waals surface area contributed by atoms with Crippen LogP contribution in [-0.2, 0) is 15.2 Å². The molecule has 0 amide bonds. The zero-order chi connectivity index (χ0) is 16.4. The van der Waals surface area contributed by atoms with Crippen molar-refractivity contribution in [3.05, 3.63) is 32.7 Å². The molecule has 0 fully saturated rings. The minimum absolute atomic E-state index is 0.0258. The average molecular weight is 317 g/mol. The van der Waals surface area contributed by atoms with Crippen LogP contribution in [0.5, 0.6) is 5.75 Å². The van der Waals surface area contributed by atoms with Crippen molar-refractivity contribution in [3.8, 4) is 5.75 Å². The summed E-state index contributed by atoms with van der Waals surface area (Å²) >= 11 is 0. The predicted molar refractivity (Wildman–Crippen MR) is 71.5 cm³/mol. The number of hydrogen-bond acceptors (Lipinski definition) is 6. The fraction of sp³-hybridized carbons (Fsp3) is 0.364. The van der Waals surface area contributed by atoms with Gasteiger partial charge in [-0.3, -0.25) is 0 Å². The van der Waals surface area contributed by atoms with E-state index in [-0.39, 0.29) is 27.9 Å². The molecule has 1 rings (SSSR count). The Kier molecular flexibility index (Phi) is 4.77. The molecular weight excluding hydrogens is 305 g/mol. The molecule has 114 valence electrons. The minimum atomic E-state index is -5.30. The van der Waals surface area contributed by atoms with Gasteiger partial charge in [0, 0.05) is 21.7 Å². The number of halogens is 1. The largest absolute Gasteiger partial charge is 0.488 e. The highest BCUT2D eigenvalue weighted by Gasteiger charge is 2.25. The molecule has 8 nitrogen and oxygen atoms in total. The number of esters is 1. The van der Waals surface area contributed by atoms with Gasteiger partial charge in [0.15, 0.2) is 5.75 Å². The molecule has 0 saturated carbocycles. The van der Waals surface area contributed by atoms with Gasteiger partial charge in [-0.25, -0.2) is 4.79 Å². The zero-order valence-corrected chi connectivity index (χ0v) is 12.5. The van der Waals surface area contributed by atoms with Crippen molar-refractivity contribution in [1.82, 2.24) is 0 Å². The lowest BCUT2D eigenvalue weighted by atomic mass is 9.96. The Balaban J connectivity index is 3.84. The van der Waals surface area contributed by atoms with E-state index >= 15 is 0 Å². The lowest BCUT2D eigenvalue weighted by Gasteiger charge is -2.17. The van der Waals surface area contributed by atoms with Crippen LogP contribution in [0.1, 0.15) is 27.0 Å². The topological polar surface area (TPSA) is 118 Å². The van der Waals surface area contributed by atoms with E-state index in [1.54, 1.807) is 0 Å². The number of benzene rings is 1. The number of nitrogens with zero attached hydrogens (tertiary/aromatic N) is 3. The number of rotatable bonds is 4. The highest BCUT2D eigenvalue weighted by molar-refractivity contribution is 7.81. The van der Waals surface area contributed by atoms with Crippen LogP contribution in [0.15, 0.2) is 5.11 Å². The number of azide groups is 1. The third-order valence-electron chi connectivity index (χ3n) is 2.86. The van der Waals surface area contributed by atoms with Crippen LogP contribution < -0.4 is 4.18 Å². The summed E-state index contributed by atoms with van der Waals surface area (Å²) in [6.45, 7) is 4.24. The maximum absolute atomic E-state index is 12.8. The summed E-state index contributed by atoms with van der Waals surface area (Å²) in [5.74, 6) is -1.20. The van der Waals surface area contributed by atoms with E-state index in [2.05, 4.69) is 18.9 Å². The third-order valence-corrected chi connectivity index (χ3v) is 3.22. The van der Waals surface area contributed by atoms with Crippen LogP contribution in [0.3, 0.4) is 0 Å². The summed E-state index contributed by atoms with van der Waals surface area (Å²) in [6.07, 6.45) is 0. The molecule has 0 heterocycles. The Morgan fingerprint density at radius 1 is 1.24 bits per heavy atom. The van der Waals surface area contributed by atoms with E-state index in [1.807, 2.05) is 0 Å². The van der Waals surface area contributed by atoms with Crippen LogP contribution in [0.4, 0.5) is 9.57 Å². The highest BCUT2D eigenvalue weighted by atomic mass is 32.3. The number of ether oxygens (including phenoxy) is 1. The maximum Gasteiger partial charge on any atom is 0.488 e. The van der Waals surface area contributed by atoms with E-state index < -0.39 is 22.2 Å². The molecule has 10 heteroatoms. The molecule has 0 bridgehead atoms. The molecule has 0 N–H and O–H groups in total. The van der Waals surface area contributed by atoms with Crippen molar-refractivity contribution in [2.45, 2.75) is 20.8 Å². The highest BCUT2D eigenvalue weighted by Crippen LogP contribution is 2.39. The fourth-order valence-corrected chi connectivity index (χ4v) is 2.46. The normalized spacial score (nSPS) is 10.7. The number of methoxy groups -OCH3 is 1. The second kappa shape index (κ2) is 5.98. The van der Waals surface area contributed by atoms with E-state index in [9.17, 15) is 17.1 Å². The Hall–Kier alpha value is -2.32. The number of carbonyl (C=O) groups excluding carboxylic acids is 1. The molecule has 0 aromatic heterocycles. The van der Waals surface area contributed by atoms with Crippen molar-refractivity contribution in [2.75, 3.05) is 7.11 Å².